The number of hydrogen-bond donors (Lipinski definition) is 3. The molecule has 10 heteroatoms. The number of hydrogen-bond acceptors (Lipinski definition) is 6. The van der Waals surface area contributed by atoms with Gasteiger partial charge in [-0.15, -0.1) is 0 Å². The number of carbonyl (C=O) groups is 3. The summed E-state index contributed by atoms with van der Waals surface area (Å²) in [5, 5.41) is 15.0. The number of carbonyl (C=O) groups excluding carboxylic acids is 3. The van der Waals surface area contributed by atoms with E-state index >= 15 is 0 Å². The molecule has 9 nitrogen and oxygen atoms in total. The Labute approximate surface area is 191 Å². The van der Waals surface area contributed by atoms with Crippen LogP contribution in [-0.2, 0) is 9.59 Å². The average Bonchev–Trinajstić information content (AvgIpc) is 3.28. The minimum Gasteiger partial charge on any atom is -0.461 e. The second kappa shape index (κ2) is 13.2. The Morgan fingerprint density at radius 2 is 2.03 bits per heavy atom. The standard InChI is InChI=1S/C23H30FN3O6/c1-3-4-5-7-18(13-27(31)15-28)22(29)25-14-26-23(30)21-11-10-20(33-21)17-8-6-9-19(12-17)32-16(2)24/h6,8-12,15-16,18,31H,3-5,7,13-14H2,1-2H3,(H,25,29)(H,26,30). The highest BCUT2D eigenvalue weighted by atomic mass is 19.1. The molecule has 0 bridgehead atoms. The molecule has 33 heavy (non-hydrogen) atoms. The van der Waals surface area contributed by atoms with E-state index in [9.17, 15) is 24.0 Å². The molecule has 3 amide bonds. The number of nitrogens with one attached hydrogen (secondary N) is 2. The summed E-state index contributed by atoms with van der Waals surface area (Å²) in [6.45, 7) is 3.03. The average molecular weight is 464 g/mol. The van der Waals surface area contributed by atoms with Crippen molar-refractivity contribution in [2.24, 2.45) is 5.92 Å². The molecule has 180 valence electrons. The predicted octanol–water partition coefficient (Wildman–Crippen LogP) is 3.49. The Bertz CT molecular complexity index is 917. The maximum Gasteiger partial charge on any atom is 0.288 e. The number of hydroxylamine groups is 2. The van der Waals surface area contributed by atoms with Gasteiger partial charge in [0.15, 0.2) is 5.76 Å². The topological polar surface area (TPSA) is 121 Å². The van der Waals surface area contributed by atoms with Gasteiger partial charge in [0.1, 0.15) is 11.5 Å². The van der Waals surface area contributed by atoms with Crippen LogP contribution >= 0.6 is 0 Å². The Morgan fingerprint density at radius 3 is 2.73 bits per heavy atom. The minimum absolute atomic E-state index is 0.0337. The quantitative estimate of drug-likeness (QED) is 0.130. The number of nitrogens with zero attached hydrogens (tertiary/aromatic N) is 1. The lowest BCUT2D eigenvalue weighted by molar-refractivity contribution is -0.154. The smallest absolute Gasteiger partial charge is 0.288 e. The van der Waals surface area contributed by atoms with Gasteiger partial charge in [-0.05, 0) is 30.7 Å². The summed E-state index contributed by atoms with van der Waals surface area (Å²) >= 11 is 0. The predicted molar refractivity (Wildman–Crippen MR) is 118 cm³/mol. The number of furan rings is 1. The third-order valence-corrected chi connectivity index (χ3v) is 4.81. The maximum atomic E-state index is 13.1. The Morgan fingerprint density at radius 1 is 1.24 bits per heavy atom. The van der Waals surface area contributed by atoms with Gasteiger partial charge in [-0.2, -0.15) is 0 Å². The summed E-state index contributed by atoms with van der Waals surface area (Å²) in [5.74, 6) is -0.755. The molecular weight excluding hydrogens is 433 g/mol. The van der Waals surface area contributed by atoms with Crippen LogP contribution in [0.3, 0.4) is 0 Å². The first-order valence-electron chi connectivity index (χ1n) is 10.8. The third kappa shape index (κ3) is 8.57. The summed E-state index contributed by atoms with van der Waals surface area (Å²) in [7, 11) is 0. The summed E-state index contributed by atoms with van der Waals surface area (Å²) in [4.78, 5) is 35.5. The lowest BCUT2D eigenvalue weighted by atomic mass is 10.0. The van der Waals surface area contributed by atoms with E-state index in [0.29, 0.717) is 28.6 Å². The molecule has 0 aliphatic heterocycles. The van der Waals surface area contributed by atoms with Crippen LogP contribution in [0.2, 0.25) is 0 Å². The van der Waals surface area contributed by atoms with E-state index in [2.05, 4.69) is 10.6 Å². The van der Waals surface area contributed by atoms with Gasteiger partial charge in [-0.25, -0.2) is 9.45 Å². The first-order valence-corrected chi connectivity index (χ1v) is 10.8. The number of halogens is 1. The first-order chi connectivity index (χ1) is 15.8. The van der Waals surface area contributed by atoms with E-state index in [0.717, 1.165) is 19.3 Å². The molecular formula is C23H30FN3O6. The van der Waals surface area contributed by atoms with E-state index in [1.807, 2.05) is 6.92 Å². The van der Waals surface area contributed by atoms with Gasteiger partial charge < -0.3 is 19.8 Å². The molecule has 0 saturated carbocycles. The van der Waals surface area contributed by atoms with Crippen LogP contribution < -0.4 is 15.4 Å². The van der Waals surface area contributed by atoms with Gasteiger partial charge in [0, 0.05) is 12.5 Å². The SMILES string of the molecule is CCCCCC(CN(O)C=O)C(=O)NCNC(=O)c1ccc(-c2cccc(OC(C)F)c2)o1. The van der Waals surface area contributed by atoms with Crippen LogP contribution in [0.5, 0.6) is 5.75 Å². The molecule has 0 aliphatic carbocycles. The number of rotatable bonds is 14. The van der Waals surface area contributed by atoms with Crippen LogP contribution in [0, 0.1) is 5.92 Å². The van der Waals surface area contributed by atoms with Crippen molar-refractivity contribution >= 4 is 18.2 Å². The minimum atomic E-state index is -1.46. The zero-order chi connectivity index (χ0) is 24.2. The number of alkyl halides is 1. The van der Waals surface area contributed by atoms with Crippen molar-refractivity contribution in [2.75, 3.05) is 13.2 Å². The highest BCUT2D eigenvalue weighted by Crippen LogP contribution is 2.26. The highest BCUT2D eigenvalue weighted by Gasteiger charge is 2.21. The molecule has 1 aromatic carbocycles. The number of amides is 3. The van der Waals surface area contributed by atoms with Crippen molar-refractivity contribution < 1.29 is 33.1 Å². The summed E-state index contributed by atoms with van der Waals surface area (Å²) in [6.07, 6.45) is 1.96. The summed E-state index contributed by atoms with van der Waals surface area (Å²) < 4.78 is 23.7. The van der Waals surface area contributed by atoms with Gasteiger partial charge >= 0.3 is 0 Å². The monoisotopic (exact) mass is 463 g/mol. The molecule has 1 aromatic heterocycles. The van der Waals surface area contributed by atoms with Gasteiger partial charge in [-0.1, -0.05) is 38.3 Å². The molecule has 0 spiro atoms. The number of unbranched alkanes of at least 4 members (excludes halogenated alkanes) is 2. The van der Waals surface area contributed by atoms with E-state index in [4.69, 9.17) is 9.15 Å². The maximum absolute atomic E-state index is 13.1. The van der Waals surface area contributed by atoms with Gasteiger partial charge in [-0.3, -0.25) is 19.6 Å². The second-order valence-corrected chi connectivity index (χ2v) is 7.50. The van der Waals surface area contributed by atoms with Crippen molar-refractivity contribution in [2.45, 2.75) is 45.9 Å². The molecule has 2 rings (SSSR count). The third-order valence-electron chi connectivity index (χ3n) is 4.81. The Kier molecular flexibility index (Phi) is 10.4. The zero-order valence-corrected chi connectivity index (χ0v) is 18.8. The van der Waals surface area contributed by atoms with Gasteiger partial charge in [0.2, 0.25) is 18.7 Å². The normalized spacial score (nSPS) is 12.5. The second-order valence-electron chi connectivity index (χ2n) is 7.50. The van der Waals surface area contributed by atoms with Crippen molar-refractivity contribution in [1.29, 1.82) is 0 Å². The molecule has 2 atom stereocenters. The van der Waals surface area contributed by atoms with Crippen molar-refractivity contribution in [3.63, 3.8) is 0 Å². The fourth-order valence-electron chi connectivity index (χ4n) is 3.18. The van der Waals surface area contributed by atoms with E-state index in [-0.39, 0.29) is 31.3 Å². The van der Waals surface area contributed by atoms with Crippen molar-refractivity contribution in [3.8, 4) is 17.1 Å². The molecule has 3 N–H and O–H groups in total. The molecule has 2 aromatic rings. The van der Waals surface area contributed by atoms with Crippen molar-refractivity contribution in [1.82, 2.24) is 15.7 Å². The lowest BCUT2D eigenvalue weighted by Gasteiger charge is -2.19. The Hall–Kier alpha value is -3.40. The first kappa shape index (κ1) is 25.9. The molecule has 0 fully saturated rings. The van der Waals surface area contributed by atoms with Crippen LogP contribution in [0.25, 0.3) is 11.3 Å². The molecule has 0 radical (unpaired) electrons. The van der Waals surface area contributed by atoms with Crippen molar-refractivity contribution in [3.05, 3.63) is 42.2 Å². The van der Waals surface area contributed by atoms with E-state index in [1.165, 1.54) is 13.0 Å². The fourth-order valence-corrected chi connectivity index (χ4v) is 3.18. The molecule has 1 heterocycles. The summed E-state index contributed by atoms with van der Waals surface area (Å²) in [5.41, 5.74) is 0.610. The molecule has 0 saturated heterocycles. The summed E-state index contributed by atoms with van der Waals surface area (Å²) in [6, 6.07) is 9.71. The van der Waals surface area contributed by atoms with Crippen LogP contribution in [0.15, 0.2) is 40.8 Å². The molecule has 2 unspecified atom stereocenters. The highest BCUT2D eigenvalue weighted by molar-refractivity contribution is 5.92. The zero-order valence-electron chi connectivity index (χ0n) is 18.8. The fraction of sp³-hybridized carbons (Fsp3) is 0.435. The van der Waals surface area contributed by atoms with E-state index in [1.54, 1.807) is 30.3 Å². The van der Waals surface area contributed by atoms with Crippen LogP contribution in [0.1, 0.15) is 50.1 Å². The van der Waals surface area contributed by atoms with Gasteiger partial charge in [0.05, 0.1) is 19.1 Å². The molecule has 0 aliphatic rings. The Balaban J connectivity index is 1.90. The van der Waals surface area contributed by atoms with Crippen LogP contribution in [0.4, 0.5) is 4.39 Å². The van der Waals surface area contributed by atoms with Crippen LogP contribution in [-0.4, -0.2) is 48.1 Å². The van der Waals surface area contributed by atoms with Gasteiger partial charge in [0.25, 0.3) is 5.91 Å². The number of benzene rings is 1. The number of ether oxygens (including phenoxy) is 1. The lowest BCUT2D eigenvalue weighted by Crippen LogP contribution is -2.42. The largest absolute Gasteiger partial charge is 0.461 e. The van der Waals surface area contributed by atoms with E-state index < -0.39 is 18.2 Å².